The Morgan fingerprint density at radius 1 is 1.57 bits per heavy atom. The van der Waals surface area contributed by atoms with Crippen LogP contribution < -0.4 is 5.32 Å². The fourth-order valence-corrected chi connectivity index (χ4v) is 1.54. The molecule has 1 aromatic heterocycles. The van der Waals surface area contributed by atoms with Gasteiger partial charge in [-0.05, 0) is 26.3 Å². The van der Waals surface area contributed by atoms with Gasteiger partial charge in [-0.1, -0.05) is 10.3 Å². The molecule has 0 bridgehead atoms. The van der Waals surface area contributed by atoms with Gasteiger partial charge in [0.25, 0.3) is 0 Å². The summed E-state index contributed by atoms with van der Waals surface area (Å²) in [5.74, 6) is 0. The fraction of sp³-hybridized carbons (Fsp3) is 0.778. The minimum absolute atomic E-state index is 0.305. The summed E-state index contributed by atoms with van der Waals surface area (Å²) in [6.07, 6.45) is 2.61. The molecule has 1 unspecified atom stereocenters. The lowest BCUT2D eigenvalue weighted by molar-refractivity contribution is 0.0222. The first-order chi connectivity index (χ1) is 6.86. The predicted molar refractivity (Wildman–Crippen MR) is 49.7 cm³/mol. The van der Waals surface area contributed by atoms with Gasteiger partial charge >= 0.3 is 0 Å². The van der Waals surface area contributed by atoms with Crippen LogP contribution in [0, 0.1) is 6.92 Å². The zero-order valence-electron chi connectivity index (χ0n) is 8.32. The van der Waals surface area contributed by atoms with Crippen molar-refractivity contribution in [1.29, 1.82) is 0 Å². The second-order valence-electron chi connectivity index (χ2n) is 3.58. The highest BCUT2D eigenvalue weighted by molar-refractivity contribution is 5.02. The predicted octanol–water partition coefficient (Wildman–Crippen LogP) is 0.647. The van der Waals surface area contributed by atoms with Gasteiger partial charge in [-0.25, -0.2) is 4.63 Å². The molecule has 1 aromatic rings. The van der Waals surface area contributed by atoms with Gasteiger partial charge in [0, 0.05) is 6.54 Å². The number of nitrogens with one attached hydrogen (secondary N) is 1. The molecular formula is C9H15N3O2. The Bertz CT molecular complexity index is 281. The normalized spacial score (nSPS) is 22.5. The maximum absolute atomic E-state index is 5.68. The number of hydrogen-bond donors (Lipinski definition) is 1. The summed E-state index contributed by atoms with van der Waals surface area (Å²) in [7, 11) is 0. The van der Waals surface area contributed by atoms with Crippen LogP contribution in [0.5, 0.6) is 0 Å². The second kappa shape index (κ2) is 4.52. The maximum atomic E-state index is 5.68. The topological polar surface area (TPSA) is 60.2 Å². The third kappa shape index (κ3) is 2.30. The Morgan fingerprint density at radius 3 is 3.14 bits per heavy atom. The van der Waals surface area contributed by atoms with Crippen LogP contribution in [0.1, 0.15) is 24.2 Å². The summed E-state index contributed by atoms with van der Waals surface area (Å²) in [5.41, 5.74) is 1.62. The van der Waals surface area contributed by atoms with Crippen molar-refractivity contribution >= 4 is 0 Å². The van der Waals surface area contributed by atoms with E-state index < -0.39 is 0 Å². The zero-order chi connectivity index (χ0) is 9.80. The molecule has 1 aliphatic rings. The van der Waals surface area contributed by atoms with E-state index >= 15 is 0 Å². The summed E-state index contributed by atoms with van der Waals surface area (Å²) in [6, 6.07) is 0. The third-order valence-corrected chi connectivity index (χ3v) is 2.45. The van der Waals surface area contributed by atoms with Crippen molar-refractivity contribution in [3.63, 3.8) is 0 Å². The Kier molecular flexibility index (Phi) is 3.10. The van der Waals surface area contributed by atoms with E-state index in [-0.39, 0.29) is 0 Å². The molecule has 78 valence electrons. The highest BCUT2D eigenvalue weighted by Crippen LogP contribution is 2.10. The van der Waals surface area contributed by atoms with Gasteiger partial charge in [-0.15, -0.1) is 0 Å². The molecule has 1 saturated heterocycles. The molecule has 0 radical (unpaired) electrons. The van der Waals surface area contributed by atoms with Crippen molar-refractivity contribution in [2.45, 2.75) is 32.5 Å². The average molecular weight is 197 g/mol. The van der Waals surface area contributed by atoms with E-state index in [1.54, 1.807) is 0 Å². The van der Waals surface area contributed by atoms with Crippen LogP contribution in [0.15, 0.2) is 4.63 Å². The molecule has 0 aliphatic carbocycles. The number of piperidine rings is 1. The van der Waals surface area contributed by atoms with Gasteiger partial charge in [0.15, 0.2) is 0 Å². The van der Waals surface area contributed by atoms with Crippen LogP contribution in [-0.4, -0.2) is 29.5 Å². The van der Waals surface area contributed by atoms with Crippen molar-refractivity contribution in [3.05, 3.63) is 11.4 Å². The van der Waals surface area contributed by atoms with Crippen LogP contribution in [0.3, 0.4) is 0 Å². The summed E-state index contributed by atoms with van der Waals surface area (Å²) in [5, 5.41) is 10.8. The van der Waals surface area contributed by atoms with E-state index in [2.05, 4.69) is 20.3 Å². The van der Waals surface area contributed by atoms with Crippen molar-refractivity contribution in [2.75, 3.05) is 13.1 Å². The molecule has 14 heavy (non-hydrogen) atoms. The summed E-state index contributed by atoms with van der Waals surface area (Å²) in [4.78, 5) is 0. The number of aryl methyl sites for hydroxylation is 1. The molecule has 1 N–H and O–H groups in total. The lowest BCUT2D eigenvalue weighted by atomic mass is 10.1. The molecule has 2 heterocycles. The van der Waals surface area contributed by atoms with Gasteiger partial charge in [0.1, 0.15) is 11.4 Å². The molecule has 1 aliphatic heterocycles. The first-order valence-electron chi connectivity index (χ1n) is 4.96. The summed E-state index contributed by atoms with van der Waals surface area (Å²) in [6.45, 7) is 4.41. The van der Waals surface area contributed by atoms with Crippen LogP contribution >= 0.6 is 0 Å². The molecule has 5 heteroatoms. The van der Waals surface area contributed by atoms with Gasteiger partial charge < -0.3 is 10.1 Å². The van der Waals surface area contributed by atoms with Crippen LogP contribution in [-0.2, 0) is 11.3 Å². The van der Waals surface area contributed by atoms with Gasteiger partial charge in [0.2, 0.25) is 0 Å². The highest BCUT2D eigenvalue weighted by atomic mass is 16.6. The van der Waals surface area contributed by atoms with Gasteiger partial charge in [0.05, 0.1) is 12.7 Å². The van der Waals surface area contributed by atoms with E-state index in [1.807, 2.05) is 6.92 Å². The van der Waals surface area contributed by atoms with Crippen molar-refractivity contribution in [2.24, 2.45) is 0 Å². The van der Waals surface area contributed by atoms with E-state index in [0.717, 1.165) is 30.9 Å². The molecule has 1 atom stereocenters. The lowest BCUT2D eigenvalue weighted by Crippen LogP contribution is -2.35. The first kappa shape index (κ1) is 9.61. The van der Waals surface area contributed by atoms with E-state index in [0.29, 0.717) is 12.7 Å². The first-order valence-corrected chi connectivity index (χ1v) is 4.96. The van der Waals surface area contributed by atoms with Gasteiger partial charge in [-0.2, -0.15) is 0 Å². The van der Waals surface area contributed by atoms with Crippen LogP contribution in [0.25, 0.3) is 0 Å². The zero-order valence-corrected chi connectivity index (χ0v) is 8.32. The molecule has 1 fully saturated rings. The largest absolute Gasteiger partial charge is 0.370 e. The van der Waals surface area contributed by atoms with E-state index in [4.69, 9.17) is 4.74 Å². The van der Waals surface area contributed by atoms with Gasteiger partial charge in [-0.3, -0.25) is 0 Å². The Morgan fingerprint density at radius 2 is 2.50 bits per heavy atom. The molecule has 2 rings (SSSR count). The van der Waals surface area contributed by atoms with Crippen LogP contribution in [0.2, 0.25) is 0 Å². The summed E-state index contributed by atoms with van der Waals surface area (Å²) < 4.78 is 10.3. The Balaban J connectivity index is 1.79. The summed E-state index contributed by atoms with van der Waals surface area (Å²) >= 11 is 0. The third-order valence-electron chi connectivity index (χ3n) is 2.45. The van der Waals surface area contributed by atoms with E-state index in [1.165, 1.54) is 6.42 Å². The van der Waals surface area contributed by atoms with E-state index in [9.17, 15) is 0 Å². The SMILES string of the molecule is Cc1nonc1COC1CCCNC1. The Hall–Kier alpha value is -0.940. The number of rotatable bonds is 3. The Labute approximate surface area is 82.8 Å². The molecule has 0 amide bonds. The highest BCUT2D eigenvalue weighted by Gasteiger charge is 2.14. The smallest absolute Gasteiger partial charge is 0.133 e. The number of hydrogen-bond acceptors (Lipinski definition) is 5. The van der Waals surface area contributed by atoms with Crippen molar-refractivity contribution in [1.82, 2.24) is 15.6 Å². The van der Waals surface area contributed by atoms with Crippen molar-refractivity contribution < 1.29 is 9.37 Å². The standard InChI is InChI=1S/C9H15N3O2/c1-7-9(12-14-11-7)6-13-8-3-2-4-10-5-8/h8,10H,2-6H2,1H3. The van der Waals surface area contributed by atoms with Crippen LogP contribution in [0.4, 0.5) is 0 Å². The maximum Gasteiger partial charge on any atom is 0.133 e. The quantitative estimate of drug-likeness (QED) is 0.770. The molecular weight excluding hydrogens is 182 g/mol. The number of aromatic nitrogens is 2. The molecule has 0 aromatic carbocycles. The monoisotopic (exact) mass is 197 g/mol. The number of nitrogens with zero attached hydrogens (tertiary/aromatic N) is 2. The second-order valence-corrected chi connectivity index (χ2v) is 3.58. The minimum Gasteiger partial charge on any atom is -0.370 e. The molecule has 5 nitrogen and oxygen atoms in total. The minimum atomic E-state index is 0.305. The number of ether oxygens (including phenoxy) is 1. The van der Waals surface area contributed by atoms with Crippen molar-refractivity contribution in [3.8, 4) is 0 Å². The average Bonchev–Trinajstić information content (AvgIpc) is 2.63. The fourth-order valence-electron chi connectivity index (χ4n) is 1.54. The lowest BCUT2D eigenvalue weighted by Gasteiger charge is -2.22. The molecule has 0 saturated carbocycles. The molecule has 0 spiro atoms.